The maximum Gasteiger partial charge on any atom is 0.338 e. The van der Waals surface area contributed by atoms with E-state index < -0.39 is 33.3 Å². The molecule has 0 spiro atoms. The lowest BCUT2D eigenvalue weighted by molar-refractivity contribution is 0.0526. The zero-order chi connectivity index (χ0) is 17.9. The minimum Gasteiger partial charge on any atom is -0.462 e. The van der Waals surface area contributed by atoms with Crippen LogP contribution in [-0.2, 0) is 14.8 Å². The summed E-state index contributed by atoms with van der Waals surface area (Å²) < 4.78 is 58.1. The fraction of sp³-hybridized carbons (Fsp3) is 0.133. The summed E-state index contributed by atoms with van der Waals surface area (Å²) in [7, 11) is -4.15. The van der Waals surface area contributed by atoms with Crippen molar-refractivity contribution in [1.82, 2.24) is 0 Å². The molecule has 128 valence electrons. The standard InChI is InChI=1S/C15H12BrF2NO4S/c1-2-23-15(20)9-3-6-14(11(16)7-9)24(21,22)19-13-5-4-10(17)8-12(13)18/h3-8,19H,2H2,1H3. The van der Waals surface area contributed by atoms with Crippen LogP contribution in [0.1, 0.15) is 17.3 Å². The van der Waals surface area contributed by atoms with E-state index in [0.717, 1.165) is 12.1 Å². The Labute approximate surface area is 145 Å². The van der Waals surface area contributed by atoms with Crippen molar-refractivity contribution in [2.45, 2.75) is 11.8 Å². The van der Waals surface area contributed by atoms with Crippen molar-refractivity contribution in [3.8, 4) is 0 Å². The maximum atomic E-state index is 13.6. The summed E-state index contributed by atoms with van der Waals surface area (Å²) in [6.07, 6.45) is 0. The second-order valence-corrected chi connectivity index (χ2v) is 7.10. The van der Waals surface area contributed by atoms with Crippen LogP contribution in [-0.4, -0.2) is 21.0 Å². The average molecular weight is 420 g/mol. The molecule has 0 aromatic heterocycles. The molecule has 0 heterocycles. The predicted molar refractivity (Wildman–Crippen MR) is 87.3 cm³/mol. The highest BCUT2D eigenvalue weighted by molar-refractivity contribution is 9.10. The Bertz CT molecular complexity index is 887. The minimum absolute atomic E-state index is 0.100. The first-order valence-electron chi connectivity index (χ1n) is 6.69. The number of sulfonamides is 1. The van der Waals surface area contributed by atoms with Crippen molar-refractivity contribution < 1.29 is 26.7 Å². The SMILES string of the molecule is CCOC(=O)c1ccc(S(=O)(=O)Nc2ccc(F)cc2F)c(Br)c1. The molecule has 9 heteroatoms. The first-order valence-corrected chi connectivity index (χ1v) is 8.96. The van der Waals surface area contributed by atoms with Gasteiger partial charge in [0, 0.05) is 10.5 Å². The van der Waals surface area contributed by atoms with Crippen LogP contribution in [0.3, 0.4) is 0 Å². The van der Waals surface area contributed by atoms with Crippen LogP contribution in [0.5, 0.6) is 0 Å². The first kappa shape index (κ1) is 18.3. The van der Waals surface area contributed by atoms with Crippen LogP contribution in [0.15, 0.2) is 45.8 Å². The highest BCUT2D eigenvalue weighted by Gasteiger charge is 2.21. The van der Waals surface area contributed by atoms with Crippen molar-refractivity contribution in [2.24, 2.45) is 0 Å². The Kier molecular flexibility index (Phi) is 5.55. The zero-order valence-corrected chi connectivity index (χ0v) is 14.7. The maximum absolute atomic E-state index is 13.6. The van der Waals surface area contributed by atoms with Crippen LogP contribution < -0.4 is 4.72 Å². The lowest BCUT2D eigenvalue weighted by Crippen LogP contribution is -2.15. The Balaban J connectivity index is 2.34. The van der Waals surface area contributed by atoms with E-state index in [-0.39, 0.29) is 21.5 Å². The largest absolute Gasteiger partial charge is 0.462 e. The van der Waals surface area contributed by atoms with Crippen molar-refractivity contribution >= 4 is 37.6 Å². The molecule has 5 nitrogen and oxygen atoms in total. The van der Waals surface area contributed by atoms with Gasteiger partial charge in [0.2, 0.25) is 0 Å². The van der Waals surface area contributed by atoms with Gasteiger partial charge in [0.25, 0.3) is 10.0 Å². The fourth-order valence-electron chi connectivity index (χ4n) is 1.83. The second-order valence-electron chi connectivity index (χ2n) is 4.60. The number of hydrogen-bond acceptors (Lipinski definition) is 4. The number of rotatable bonds is 5. The van der Waals surface area contributed by atoms with Crippen LogP contribution in [0.2, 0.25) is 0 Å². The molecule has 0 unspecified atom stereocenters. The predicted octanol–water partition coefficient (Wildman–Crippen LogP) is 3.70. The van der Waals surface area contributed by atoms with Gasteiger partial charge in [-0.1, -0.05) is 0 Å². The highest BCUT2D eigenvalue weighted by Crippen LogP contribution is 2.26. The van der Waals surface area contributed by atoms with Crippen LogP contribution >= 0.6 is 15.9 Å². The summed E-state index contributed by atoms with van der Waals surface area (Å²) in [5.74, 6) is -2.46. The lowest BCUT2D eigenvalue weighted by Gasteiger charge is -2.11. The Morgan fingerprint density at radius 3 is 2.50 bits per heavy atom. The smallest absolute Gasteiger partial charge is 0.338 e. The zero-order valence-electron chi connectivity index (χ0n) is 12.3. The monoisotopic (exact) mass is 419 g/mol. The van der Waals surface area contributed by atoms with Crippen molar-refractivity contribution in [3.63, 3.8) is 0 Å². The summed E-state index contributed by atoms with van der Waals surface area (Å²) in [6.45, 7) is 1.83. The third-order valence-corrected chi connectivity index (χ3v) is 5.25. The van der Waals surface area contributed by atoms with E-state index in [1.807, 2.05) is 4.72 Å². The molecular formula is C15H12BrF2NO4S. The normalized spacial score (nSPS) is 11.2. The number of esters is 1. The molecule has 2 aromatic carbocycles. The van der Waals surface area contributed by atoms with Crippen LogP contribution in [0.4, 0.5) is 14.5 Å². The molecule has 0 aliphatic rings. The Morgan fingerprint density at radius 1 is 1.21 bits per heavy atom. The van der Waals surface area contributed by atoms with Gasteiger partial charge < -0.3 is 4.74 Å². The number of carbonyl (C=O) groups is 1. The van der Waals surface area contributed by atoms with Gasteiger partial charge in [-0.3, -0.25) is 4.72 Å². The molecule has 0 atom stereocenters. The molecule has 0 radical (unpaired) electrons. The van der Waals surface area contributed by atoms with E-state index in [9.17, 15) is 22.0 Å². The van der Waals surface area contributed by atoms with E-state index in [1.54, 1.807) is 6.92 Å². The molecule has 2 rings (SSSR count). The van der Waals surface area contributed by atoms with Gasteiger partial charge in [0.1, 0.15) is 16.5 Å². The highest BCUT2D eigenvalue weighted by atomic mass is 79.9. The molecule has 0 saturated carbocycles. The summed E-state index contributed by atoms with van der Waals surface area (Å²) in [6, 6.07) is 6.21. The van der Waals surface area contributed by atoms with E-state index >= 15 is 0 Å². The lowest BCUT2D eigenvalue weighted by atomic mass is 10.2. The molecular weight excluding hydrogens is 408 g/mol. The average Bonchev–Trinajstić information content (AvgIpc) is 2.50. The topological polar surface area (TPSA) is 72.5 Å². The van der Waals surface area contributed by atoms with Gasteiger partial charge >= 0.3 is 5.97 Å². The summed E-state index contributed by atoms with van der Waals surface area (Å²) in [4.78, 5) is 11.4. The molecule has 1 N–H and O–H groups in total. The number of carbonyl (C=O) groups excluding carboxylic acids is 1. The number of benzene rings is 2. The van der Waals surface area contributed by atoms with Crippen molar-refractivity contribution in [3.05, 3.63) is 58.1 Å². The third-order valence-electron chi connectivity index (χ3n) is 2.91. The molecule has 24 heavy (non-hydrogen) atoms. The molecule has 2 aromatic rings. The Hall–Kier alpha value is -2.00. The van der Waals surface area contributed by atoms with Gasteiger partial charge in [-0.15, -0.1) is 0 Å². The number of hydrogen-bond donors (Lipinski definition) is 1. The fourth-order valence-corrected chi connectivity index (χ4v) is 3.98. The van der Waals surface area contributed by atoms with Gasteiger partial charge in [0.15, 0.2) is 0 Å². The molecule has 0 aliphatic heterocycles. The first-order chi connectivity index (χ1) is 11.2. The van der Waals surface area contributed by atoms with Gasteiger partial charge in [-0.25, -0.2) is 22.0 Å². The third kappa shape index (κ3) is 4.09. The van der Waals surface area contributed by atoms with Gasteiger partial charge in [0.05, 0.1) is 17.9 Å². The Morgan fingerprint density at radius 2 is 1.92 bits per heavy atom. The van der Waals surface area contributed by atoms with Crippen molar-refractivity contribution in [2.75, 3.05) is 11.3 Å². The van der Waals surface area contributed by atoms with Gasteiger partial charge in [-0.2, -0.15) is 0 Å². The molecule has 0 saturated heterocycles. The second kappa shape index (κ2) is 7.27. The number of anilines is 1. The number of halogens is 3. The molecule has 0 bridgehead atoms. The summed E-state index contributed by atoms with van der Waals surface area (Å²) in [5.41, 5.74) is -0.228. The van der Waals surface area contributed by atoms with Crippen molar-refractivity contribution in [1.29, 1.82) is 0 Å². The molecule has 0 aliphatic carbocycles. The molecule has 0 amide bonds. The van der Waals surface area contributed by atoms with Crippen LogP contribution in [0, 0.1) is 11.6 Å². The van der Waals surface area contributed by atoms with Crippen LogP contribution in [0.25, 0.3) is 0 Å². The molecule has 0 fully saturated rings. The minimum atomic E-state index is -4.15. The number of nitrogens with one attached hydrogen (secondary N) is 1. The van der Waals surface area contributed by atoms with Gasteiger partial charge in [-0.05, 0) is 53.2 Å². The van der Waals surface area contributed by atoms with E-state index in [4.69, 9.17) is 4.74 Å². The quantitative estimate of drug-likeness (QED) is 0.749. The summed E-state index contributed by atoms with van der Waals surface area (Å²) >= 11 is 3.07. The van der Waals surface area contributed by atoms with E-state index in [0.29, 0.717) is 6.07 Å². The van der Waals surface area contributed by atoms with E-state index in [1.165, 1.54) is 18.2 Å². The summed E-state index contributed by atoms with van der Waals surface area (Å²) in [5, 5.41) is 0. The van der Waals surface area contributed by atoms with E-state index in [2.05, 4.69) is 15.9 Å². The number of ether oxygens (including phenoxy) is 1.